The third-order valence-corrected chi connectivity index (χ3v) is 4.16. The first kappa shape index (κ1) is 18.1. The third kappa shape index (κ3) is 4.29. The second kappa shape index (κ2) is 7.30. The Morgan fingerprint density at radius 1 is 1.08 bits per heavy atom. The van der Waals surface area contributed by atoms with Gasteiger partial charge in [0.25, 0.3) is 0 Å². The molecule has 0 bridgehead atoms. The Morgan fingerprint density at radius 2 is 1.77 bits per heavy atom. The van der Waals surface area contributed by atoms with Gasteiger partial charge in [0, 0.05) is 12.2 Å². The van der Waals surface area contributed by atoms with Crippen molar-refractivity contribution in [1.82, 2.24) is 5.32 Å². The van der Waals surface area contributed by atoms with E-state index < -0.39 is 5.60 Å². The number of anilines is 1. The van der Waals surface area contributed by atoms with Crippen molar-refractivity contribution in [3.8, 4) is 0 Å². The van der Waals surface area contributed by atoms with Gasteiger partial charge in [0.2, 0.25) is 5.91 Å². The van der Waals surface area contributed by atoms with Gasteiger partial charge in [-0.1, -0.05) is 24.3 Å². The van der Waals surface area contributed by atoms with E-state index in [-0.39, 0.29) is 17.9 Å². The van der Waals surface area contributed by atoms with E-state index in [4.69, 9.17) is 4.74 Å². The van der Waals surface area contributed by atoms with Crippen LogP contribution in [-0.2, 0) is 16.0 Å². The topological polar surface area (TPSA) is 67.4 Å². The summed E-state index contributed by atoms with van der Waals surface area (Å²) in [5, 5.41) is 6.18. The first-order valence-electron chi connectivity index (χ1n) is 8.79. The quantitative estimate of drug-likeness (QED) is 0.830. The zero-order valence-electron chi connectivity index (χ0n) is 15.3. The fraction of sp³-hybridized carbons (Fsp3) is 0.333. The first-order valence-corrected chi connectivity index (χ1v) is 8.79. The number of amides is 1. The van der Waals surface area contributed by atoms with Crippen molar-refractivity contribution in [3.05, 3.63) is 65.2 Å². The fourth-order valence-electron chi connectivity index (χ4n) is 2.98. The van der Waals surface area contributed by atoms with Crippen LogP contribution in [0.15, 0.2) is 48.5 Å². The van der Waals surface area contributed by atoms with E-state index >= 15 is 0 Å². The molecule has 2 aromatic rings. The van der Waals surface area contributed by atoms with Crippen molar-refractivity contribution in [2.45, 2.75) is 38.8 Å². The van der Waals surface area contributed by atoms with Crippen LogP contribution in [0, 0.1) is 0 Å². The Labute approximate surface area is 153 Å². The number of benzene rings is 2. The lowest BCUT2D eigenvalue weighted by molar-refractivity contribution is -0.118. The van der Waals surface area contributed by atoms with Crippen LogP contribution < -0.4 is 10.6 Å². The van der Waals surface area contributed by atoms with Crippen LogP contribution in [0.4, 0.5) is 5.69 Å². The largest absolute Gasteiger partial charge is 0.456 e. The molecule has 0 radical (unpaired) electrons. The summed E-state index contributed by atoms with van der Waals surface area (Å²) in [4.78, 5) is 24.7. The highest BCUT2D eigenvalue weighted by atomic mass is 16.6. The summed E-state index contributed by atoms with van der Waals surface area (Å²) in [5.41, 5.74) is 2.78. The van der Waals surface area contributed by atoms with Gasteiger partial charge < -0.3 is 15.4 Å². The van der Waals surface area contributed by atoms with E-state index in [1.165, 1.54) is 5.56 Å². The average Bonchev–Trinajstić information content (AvgIpc) is 2.60. The molecule has 1 amide bonds. The number of hydrogen-bond acceptors (Lipinski definition) is 4. The molecule has 2 aromatic carbocycles. The maximum absolute atomic E-state index is 12.7. The summed E-state index contributed by atoms with van der Waals surface area (Å²) in [6.07, 6.45) is 0.921. The summed E-state index contributed by atoms with van der Waals surface area (Å²) in [6.45, 7) is 6.25. The molecule has 1 heterocycles. The van der Waals surface area contributed by atoms with E-state index in [9.17, 15) is 9.59 Å². The van der Waals surface area contributed by atoms with Crippen molar-refractivity contribution >= 4 is 17.6 Å². The summed E-state index contributed by atoms with van der Waals surface area (Å²) < 4.78 is 5.34. The molecule has 3 rings (SSSR count). The van der Waals surface area contributed by atoms with Crippen molar-refractivity contribution in [2.75, 3.05) is 11.9 Å². The molecule has 1 unspecified atom stereocenters. The number of nitrogens with one attached hydrogen (secondary N) is 2. The zero-order chi connectivity index (χ0) is 18.7. The molecule has 2 N–H and O–H groups in total. The predicted octanol–water partition coefficient (Wildman–Crippen LogP) is 3.47. The van der Waals surface area contributed by atoms with E-state index in [1.54, 1.807) is 24.3 Å². The number of ether oxygens (including phenoxy) is 1. The maximum Gasteiger partial charge on any atom is 0.338 e. The van der Waals surface area contributed by atoms with E-state index in [1.807, 2.05) is 39.0 Å². The Bertz CT molecular complexity index is 807. The highest BCUT2D eigenvalue weighted by molar-refractivity contribution is 5.96. The molecule has 1 aliphatic heterocycles. The molecular weight excluding hydrogens is 328 g/mol. The Balaban J connectivity index is 1.68. The molecule has 0 aliphatic carbocycles. The molecule has 0 aromatic heterocycles. The van der Waals surface area contributed by atoms with Crippen LogP contribution in [0.1, 0.15) is 48.3 Å². The molecule has 1 atom stereocenters. The van der Waals surface area contributed by atoms with Gasteiger partial charge in [0.05, 0.1) is 5.56 Å². The van der Waals surface area contributed by atoms with E-state index in [0.717, 1.165) is 18.5 Å². The Morgan fingerprint density at radius 3 is 2.46 bits per heavy atom. The summed E-state index contributed by atoms with van der Waals surface area (Å²) in [7, 11) is 0. The van der Waals surface area contributed by atoms with E-state index in [0.29, 0.717) is 11.3 Å². The standard InChI is InChI=1S/C21H24N2O3/c1-21(2,3)26-20(25)15-8-10-16(11-9-15)23-19(24)18-17-7-5-4-6-14(17)12-13-22-18/h4-11,18,22H,12-13H2,1-3H3,(H,23,24). The van der Waals surface area contributed by atoms with Gasteiger partial charge in [-0.2, -0.15) is 0 Å². The third-order valence-electron chi connectivity index (χ3n) is 4.16. The summed E-state index contributed by atoms with van der Waals surface area (Å²) in [6, 6.07) is 14.4. The van der Waals surface area contributed by atoms with Crippen molar-refractivity contribution in [2.24, 2.45) is 0 Å². The molecule has 0 saturated heterocycles. The van der Waals surface area contributed by atoms with Gasteiger partial charge in [-0.15, -0.1) is 0 Å². The lowest BCUT2D eigenvalue weighted by atomic mass is 9.94. The van der Waals surface area contributed by atoms with Crippen molar-refractivity contribution in [1.29, 1.82) is 0 Å². The van der Waals surface area contributed by atoms with Crippen LogP contribution in [0.3, 0.4) is 0 Å². The monoisotopic (exact) mass is 352 g/mol. The van der Waals surface area contributed by atoms with Crippen LogP contribution >= 0.6 is 0 Å². The van der Waals surface area contributed by atoms with E-state index in [2.05, 4.69) is 16.7 Å². The van der Waals surface area contributed by atoms with Crippen LogP contribution in [-0.4, -0.2) is 24.0 Å². The van der Waals surface area contributed by atoms with Crippen molar-refractivity contribution in [3.63, 3.8) is 0 Å². The smallest absolute Gasteiger partial charge is 0.338 e. The molecular formula is C21H24N2O3. The molecule has 26 heavy (non-hydrogen) atoms. The Kier molecular flexibility index (Phi) is 5.09. The fourth-order valence-corrected chi connectivity index (χ4v) is 2.98. The Hall–Kier alpha value is -2.66. The summed E-state index contributed by atoms with van der Waals surface area (Å²) in [5.74, 6) is -0.486. The van der Waals surface area contributed by atoms with Gasteiger partial charge in [-0.3, -0.25) is 4.79 Å². The number of rotatable bonds is 3. The van der Waals surface area contributed by atoms with Crippen LogP contribution in [0.2, 0.25) is 0 Å². The minimum atomic E-state index is -0.538. The maximum atomic E-state index is 12.7. The number of fused-ring (bicyclic) bond motifs is 1. The van der Waals surface area contributed by atoms with Gasteiger partial charge >= 0.3 is 5.97 Å². The summed E-state index contributed by atoms with van der Waals surface area (Å²) >= 11 is 0. The molecule has 5 heteroatoms. The molecule has 5 nitrogen and oxygen atoms in total. The number of hydrogen-bond donors (Lipinski definition) is 2. The lowest BCUT2D eigenvalue weighted by Gasteiger charge is -2.26. The number of carbonyl (C=O) groups excluding carboxylic acids is 2. The predicted molar refractivity (Wildman–Crippen MR) is 101 cm³/mol. The molecule has 136 valence electrons. The van der Waals surface area contributed by atoms with Gasteiger partial charge in [0.1, 0.15) is 11.6 Å². The molecule has 0 fully saturated rings. The minimum Gasteiger partial charge on any atom is -0.456 e. The van der Waals surface area contributed by atoms with Gasteiger partial charge in [0.15, 0.2) is 0 Å². The highest BCUT2D eigenvalue weighted by Gasteiger charge is 2.25. The zero-order valence-corrected chi connectivity index (χ0v) is 15.3. The molecule has 0 spiro atoms. The van der Waals surface area contributed by atoms with Crippen molar-refractivity contribution < 1.29 is 14.3 Å². The van der Waals surface area contributed by atoms with Crippen LogP contribution in [0.5, 0.6) is 0 Å². The lowest BCUT2D eigenvalue weighted by Crippen LogP contribution is -2.38. The normalized spacial score (nSPS) is 16.5. The van der Waals surface area contributed by atoms with Gasteiger partial charge in [-0.25, -0.2) is 4.79 Å². The second-order valence-corrected chi connectivity index (χ2v) is 7.40. The SMILES string of the molecule is CC(C)(C)OC(=O)c1ccc(NC(=O)C2NCCc3ccccc32)cc1. The average molecular weight is 352 g/mol. The number of carbonyl (C=O) groups is 2. The highest BCUT2D eigenvalue weighted by Crippen LogP contribution is 2.24. The second-order valence-electron chi connectivity index (χ2n) is 7.40. The van der Waals surface area contributed by atoms with Crippen LogP contribution in [0.25, 0.3) is 0 Å². The first-order chi connectivity index (χ1) is 12.3. The molecule has 0 saturated carbocycles. The van der Waals surface area contributed by atoms with Gasteiger partial charge in [-0.05, 0) is 62.6 Å². The molecule has 1 aliphatic rings. The number of esters is 1. The minimum absolute atomic E-state index is 0.109.